The minimum absolute atomic E-state index is 0.0115. The molecule has 1 unspecified atom stereocenters. The first kappa shape index (κ1) is 29.0. The second-order valence-electron chi connectivity index (χ2n) is 7.17. The van der Waals surface area contributed by atoms with Gasteiger partial charge in [-0.25, -0.2) is 9.45 Å². The second-order valence-corrected chi connectivity index (χ2v) is 8.55. The smallest absolute Gasteiger partial charge is 0.393 e. The quantitative estimate of drug-likeness (QED) is 0.0937. The molecule has 2 atom stereocenters. The number of phosphoric ester groups is 1. The molecule has 4 N–H and O–H groups in total. The van der Waals surface area contributed by atoms with Gasteiger partial charge in [-0.2, -0.15) is 0 Å². The van der Waals surface area contributed by atoms with E-state index in [0.29, 0.717) is 12.8 Å². The van der Waals surface area contributed by atoms with Crippen LogP contribution in [0.4, 0.5) is 0 Å². The number of unbranched alkanes of at least 4 members (excludes halogenated alkanes) is 8. The van der Waals surface area contributed by atoms with Gasteiger partial charge in [0.25, 0.3) is 0 Å². The number of amides is 1. The predicted molar refractivity (Wildman–Crippen MR) is 111 cm³/mol. The summed E-state index contributed by atoms with van der Waals surface area (Å²) < 4.78 is 20.5. The lowest BCUT2D eigenvalue weighted by Gasteiger charge is -2.14. The van der Waals surface area contributed by atoms with Crippen molar-refractivity contribution in [1.82, 2.24) is 5.32 Å². The minimum Gasteiger partial charge on any atom is -0.393 e. The van der Waals surface area contributed by atoms with E-state index in [1.807, 2.05) is 6.92 Å². The number of aliphatic hydroxyl groups is 1. The van der Waals surface area contributed by atoms with Crippen LogP contribution in [0.1, 0.15) is 84.0 Å². The third-order valence-corrected chi connectivity index (χ3v) is 5.26. The van der Waals surface area contributed by atoms with E-state index in [0.717, 1.165) is 64.3 Å². The summed E-state index contributed by atoms with van der Waals surface area (Å²) in [4.78, 5) is 36.1. The molecule has 0 fully saturated rings. The third-order valence-electron chi connectivity index (χ3n) is 4.35. The molecular weight excluding hydrogens is 417 g/mol. The summed E-state index contributed by atoms with van der Waals surface area (Å²) in [5.41, 5.74) is 0. The van der Waals surface area contributed by atoms with Crippen LogP contribution in [0, 0.1) is 0 Å². The maximum Gasteiger partial charge on any atom is 0.529 e. The number of carbonyl (C=O) groups excluding carboxylic acids is 2. The molecular formula is C19H38NO9P. The lowest BCUT2D eigenvalue weighted by atomic mass is 10.1. The van der Waals surface area contributed by atoms with Gasteiger partial charge in [0.15, 0.2) is 0 Å². The molecule has 0 saturated carbocycles. The number of hydrogen-bond acceptors (Lipinski definition) is 8. The van der Waals surface area contributed by atoms with Crippen LogP contribution in [0.3, 0.4) is 0 Å². The number of phosphoric acid groups is 1. The van der Waals surface area contributed by atoms with Gasteiger partial charge in [-0.05, 0) is 19.3 Å². The van der Waals surface area contributed by atoms with Gasteiger partial charge < -0.3 is 14.9 Å². The molecule has 11 heteroatoms. The van der Waals surface area contributed by atoms with Gasteiger partial charge in [-0.1, -0.05) is 51.9 Å². The van der Waals surface area contributed by atoms with Crippen LogP contribution in [0.2, 0.25) is 0 Å². The summed E-state index contributed by atoms with van der Waals surface area (Å²) in [7, 11) is -4.60. The van der Waals surface area contributed by atoms with E-state index in [1.165, 1.54) is 0 Å². The van der Waals surface area contributed by atoms with Gasteiger partial charge in [0.05, 0.1) is 13.2 Å². The summed E-state index contributed by atoms with van der Waals surface area (Å²) in [6, 6.07) is 0. The molecule has 0 aliphatic heterocycles. The molecule has 0 rings (SSSR count). The Morgan fingerprint density at radius 3 is 2.07 bits per heavy atom. The number of rotatable bonds is 20. The highest BCUT2D eigenvalue weighted by molar-refractivity contribution is 7.48. The fourth-order valence-corrected chi connectivity index (χ4v) is 3.43. The number of nitrogens with one attached hydrogen (secondary N) is 1. The fourth-order valence-electron chi connectivity index (χ4n) is 2.67. The highest BCUT2D eigenvalue weighted by Crippen LogP contribution is 2.43. The molecule has 0 aliphatic rings. The monoisotopic (exact) mass is 455 g/mol. The van der Waals surface area contributed by atoms with E-state index in [1.54, 1.807) is 0 Å². The van der Waals surface area contributed by atoms with Crippen LogP contribution in [-0.4, -0.2) is 53.0 Å². The summed E-state index contributed by atoms with van der Waals surface area (Å²) >= 11 is 0. The van der Waals surface area contributed by atoms with Gasteiger partial charge >= 0.3 is 13.8 Å². The Labute approximate surface area is 178 Å². The number of hydrogen-bond donors (Lipinski definition) is 4. The molecule has 0 aliphatic carbocycles. The van der Waals surface area contributed by atoms with Crippen LogP contribution in [0.15, 0.2) is 0 Å². The van der Waals surface area contributed by atoms with Crippen molar-refractivity contribution in [2.75, 3.05) is 19.8 Å². The Balaban J connectivity index is 3.54. The van der Waals surface area contributed by atoms with Crippen molar-refractivity contribution in [3.8, 4) is 0 Å². The highest BCUT2D eigenvalue weighted by Gasteiger charge is 2.27. The van der Waals surface area contributed by atoms with Crippen LogP contribution in [-0.2, 0) is 28.1 Å². The fraction of sp³-hybridized carbons (Fsp3) is 0.895. The van der Waals surface area contributed by atoms with E-state index < -0.39 is 33.1 Å². The van der Waals surface area contributed by atoms with Crippen LogP contribution in [0.5, 0.6) is 0 Å². The Morgan fingerprint density at radius 1 is 0.967 bits per heavy atom. The van der Waals surface area contributed by atoms with Crippen LogP contribution >= 0.6 is 7.82 Å². The summed E-state index contributed by atoms with van der Waals surface area (Å²) in [5.74, 6) is -0.709. The van der Waals surface area contributed by atoms with Crippen molar-refractivity contribution >= 4 is 19.7 Å². The molecule has 178 valence electrons. The van der Waals surface area contributed by atoms with E-state index in [4.69, 9.17) is 10.4 Å². The van der Waals surface area contributed by atoms with Crippen molar-refractivity contribution in [1.29, 1.82) is 0 Å². The number of aliphatic hydroxyl groups excluding tert-OH is 1. The average molecular weight is 455 g/mol. The Kier molecular flexibility index (Phi) is 18.1. The van der Waals surface area contributed by atoms with Crippen molar-refractivity contribution < 1.29 is 43.3 Å². The van der Waals surface area contributed by atoms with Gasteiger partial charge in [-0.15, -0.1) is 0 Å². The summed E-state index contributed by atoms with van der Waals surface area (Å²) in [6.45, 7) is 1.52. The first-order valence-electron chi connectivity index (χ1n) is 10.7. The minimum atomic E-state index is -4.60. The van der Waals surface area contributed by atoms with E-state index in [2.05, 4.69) is 19.3 Å². The van der Waals surface area contributed by atoms with Crippen molar-refractivity contribution in [2.24, 2.45) is 0 Å². The molecule has 30 heavy (non-hydrogen) atoms. The maximum atomic E-state index is 11.6. The highest BCUT2D eigenvalue weighted by atomic mass is 31.2. The molecule has 0 aromatic rings. The van der Waals surface area contributed by atoms with Crippen LogP contribution in [0.25, 0.3) is 0 Å². The zero-order valence-corrected chi connectivity index (χ0v) is 18.8. The van der Waals surface area contributed by atoms with Gasteiger partial charge in [0.2, 0.25) is 5.91 Å². The lowest BCUT2D eigenvalue weighted by Crippen LogP contribution is -2.23. The van der Waals surface area contributed by atoms with E-state index in [-0.39, 0.29) is 12.3 Å². The predicted octanol–water partition coefficient (Wildman–Crippen LogP) is 3.31. The molecule has 0 saturated heterocycles. The number of carbonyl (C=O) groups is 2. The Hall–Kier alpha value is -1.03. The zero-order chi connectivity index (χ0) is 22.7. The molecule has 0 spiro atoms. The first-order valence-corrected chi connectivity index (χ1v) is 12.2. The summed E-state index contributed by atoms with van der Waals surface area (Å²) in [6.07, 6.45) is 9.19. The maximum absolute atomic E-state index is 11.6. The normalized spacial score (nSPS) is 14.1. The summed E-state index contributed by atoms with van der Waals surface area (Å²) in [5, 5.41) is 20.0. The van der Waals surface area contributed by atoms with Gasteiger partial charge in [0, 0.05) is 19.4 Å². The largest absolute Gasteiger partial charge is 0.529 e. The molecule has 10 nitrogen and oxygen atoms in total. The van der Waals surface area contributed by atoms with Crippen molar-refractivity contribution in [3.05, 3.63) is 0 Å². The lowest BCUT2D eigenvalue weighted by molar-refractivity contribution is -0.289. The van der Waals surface area contributed by atoms with E-state index in [9.17, 15) is 19.0 Å². The third kappa shape index (κ3) is 17.8. The Morgan fingerprint density at radius 2 is 1.53 bits per heavy atom. The van der Waals surface area contributed by atoms with Crippen LogP contribution < -0.4 is 5.32 Å². The molecule has 0 bridgehead atoms. The molecule has 0 aromatic carbocycles. The van der Waals surface area contributed by atoms with Gasteiger partial charge in [-0.3, -0.25) is 24.3 Å². The molecule has 1 amide bonds. The van der Waals surface area contributed by atoms with Crippen molar-refractivity contribution in [2.45, 2.75) is 90.1 Å². The molecule has 0 radical (unpaired) electrons. The average Bonchev–Trinajstić information content (AvgIpc) is 2.69. The van der Waals surface area contributed by atoms with Gasteiger partial charge in [0.1, 0.15) is 6.10 Å². The van der Waals surface area contributed by atoms with Crippen molar-refractivity contribution in [3.63, 3.8) is 0 Å². The molecule has 0 aromatic heterocycles. The molecule has 0 heterocycles. The topological polar surface area (TPSA) is 152 Å². The standard InChI is InChI=1S/C19H38NO9P/c1-2-12-18(22)20-14-11-9-7-5-3-4-6-8-10-13-19(23)29-30(25,26)27-16-17(15-21)28-24/h17,21,24H,2-16H2,1H3,(H,20,22)(H,25,26)/t17-/m1/s1. The zero-order valence-electron chi connectivity index (χ0n) is 17.9. The second kappa shape index (κ2) is 18.7. The first-order chi connectivity index (χ1) is 14.3. The van der Waals surface area contributed by atoms with E-state index >= 15 is 0 Å². The SMILES string of the molecule is CCCC(=O)NCCCCCCCCCCCC(=O)OP(=O)(O)OC[C@@H](CO)OO. The Bertz CT molecular complexity index is 500.